The Labute approximate surface area is 294 Å². The van der Waals surface area contributed by atoms with Crippen LogP contribution in [0.3, 0.4) is 0 Å². The summed E-state index contributed by atoms with van der Waals surface area (Å²) >= 11 is 14.0. The smallest absolute Gasteiger partial charge is 0.328 e. The molecule has 0 radical (unpaired) electrons. The fourth-order valence-corrected chi connectivity index (χ4v) is 11.7. The first kappa shape index (κ1) is 38.8. The highest BCUT2D eigenvalue weighted by Gasteiger charge is 2.52. The maximum absolute atomic E-state index is 13.4. The molecule has 6 nitrogen and oxygen atoms in total. The SMILES string of the molecule is CC[C@H](C)[C@H](NC)C(=O)N[C@H](Cc1cc(Cl)c(O[Si](c2ccccc2)(c2ccccc2)C(C)(C)C)c(Cl)c1)C(=O)OCC[Si](C)(C)C. The topological polar surface area (TPSA) is 76.7 Å². The van der Waals surface area contributed by atoms with E-state index < -0.39 is 34.4 Å². The van der Waals surface area contributed by atoms with Gasteiger partial charge >= 0.3 is 14.3 Å². The van der Waals surface area contributed by atoms with Crippen molar-refractivity contribution >= 4 is 61.8 Å². The van der Waals surface area contributed by atoms with Gasteiger partial charge in [0.15, 0.2) is 0 Å². The summed E-state index contributed by atoms with van der Waals surface area (Å²) in [5, 5.41) is 8.63. The van der Waals surface area contributed by atoms with Gasteiger partial charge < -0.3 is 19.8 Å². The molecule has 0 bridgehead atoms. The molecule has 0 heterocycles. The zero-order valence-corrected chi connectivity index (χ0v) is 32.9. The highest BCUT2D eigenvalue weighted by atomic mass is 35.5. The molecule has 0 saturated heterocycles. The van der Waals surface area contributed by atoms with Crippen molar-refractivity contribution in [3.05, 3.63) is 88.4 Å². The monoisotopic (exact) mass is 714 g/mol. The molecule has 0 fully saturated rings. The number of amides is 1. The molecule has 3 aromatic rings. The number of rotatable bonds is 15. The summed E-state index contributed by atoms with van der Waals surface area (Å²) in [5.41, 5.74) is 0.687. The Morgan fingerprint density at radius 3 is 1.83 bits per heavy atom. The Morgan fingerprint density at radius 1 is 0.894 bits per heavy atom. The third kappa shape index (κ3) is 9.95. The van der Waals surface area contributed by atoms with Gasteiger partial charge in [0.2, 0.25) is 5.91 Å². The van der Waals surface area contributed by atoms with Gasteiger partial charge in [0, 0.05) is 14.5 Å². The summed E-state index contributed by atoms with van der Waals surface area (Å²) in [4.78, 5) is 26.8. The van der Waals surface area contributed by atoms with Crippen molar-refractivity contribution in [1.29, 1.82) is 0 Å². The van der Waals surface area contributed by atoms with Crippen LogP contribution in [0.2, 0.25) is 40.8 Å². The molecule has 0 aliphatic heterocycles. The van der Waals surface area contributed by atoms with Gasteiger partial charge in [-0.1, -0.05) is 145 Å². The number of carbonyl (C=O) groups is 2. The number of hydrogen-bond acceptors (Lipinski definition) is 5. The predicted molar refractivity (Wildman–Crippen MR) is 202 cm³/mol. The second-order valence-corrected chi connectivity index (χ2v) is 25.2. The van der Waals surface area contributed by atoms with Crippen LogP contribution in [0.25, 0.3) is 0 Å². The van der Waals surface area contributed by atoms with Crippen molar-refractivity contribution in [3.63, 3.8) is 0 Å². The summed E-state index contributed by atoms with van der Waals surface area (Å²) in [5.74, 6) is -0.254. The van der Waals surface area contributed by atoms with E-state index in [9.17, 15) is 9.59 Å². The maximum Gasteiger partial charge on any atom is 0.328 e. The molecule has 1 amide bonds. The van der Waals surface area contributed by atoms with Gasteiger partial charge in [0.05, 0.1) is 22.7 Å². The van der Waals surface area contributed by atoms with E-state index in [1.807, 2.05) is 50.2 Å². The summed E-state index contributed by atoms with van der Waals surface area (Å²) in [7, 11) is -2.69. The highest BCUT2D eigenvalue weighted by molar-refractivity contribution is 7.00. The number of halogens is 2. The minimum absolute atomic E-state index is 0.0744. The van der Waals surface area contributed by atoms with E-state index in [1.165, 1.54) is 0 Å². The average molecular weight is 716 g/mol. The fourth-order valence-electron chi connectivity index (χ4n) is 5.79. The third-order valence-electron chi connectivity index (χ3n) is 8.67. The molecule has 256 valence electrons. The number of benzene rings is 3. The van der Waals surface area contributed by atoms with Crippen molar-refractivity contribution in [3.8, 4) is 5.75 Å². The van der Waals surface area contributed by atoms with Crippen molar-refractivity contribution in [2.24, 2.45) is 5.92 Å². The molecule has 2 N–H and O–H groups in total. The number of likely N-dealkylation sites (N-methyl/N-ethyl adjacent to an activating group) is 1. The average Bonchev–Trinajstić information content (AvgIpc) is 3.00. The lowest BCUT2D eigenvalue weighted by atomic mass is 9.97. The third-order valence-corrected chi connectivity index (χ3v) is 15.9. The molecule has 10 heteroatoms. The molecular formula is C37H52Cl2N2O4Si2. The first-order valence-corrected chi connectivity index (χ1v) is 22.8. The van der Waals surface area contributed by atoms with Gasteiger partial charge in [-0.15, -0.1) is 0 Å². The minimum atomic E-state index is -3.01. The van der Waals surface area contributed by atoms with E-state index >= 15 is 0 Å². The van der Waals surface area contributed by atoms with Gasteiger partial charge in [-0.05, 0) is 52.1 Å². The Kier molecular flexibility index (Phi) is 13.8. The highest BCUT2D eigenvalue weighted by Crippen LogP contribution is 2.42. The minimum Gasteiger partial charge on any atom is -0.532 e. The maximum atomic E-state index is 13.4. The summed E-state index contributed by atoms with van der Waals surface area (Å²) in [6, 6.07) is 23.6. The van der Waals surface area contributed by atoms with Crippen LogP contribution < -0.4 is 25.4 Å². The van der Waals surface area contributed by atoms with E-state index in [0.717, 1.165) is 22.8 Å². The van der Waals surface area contributed by atoms with Crippen LogP contribution in [0.4, 0.5) is 0 Å². The van der Waals surface area contributed by atoms with Gasteiger partial charge in [-0.2, -0.15) is 0 Å². The van der Waals surface area contributed by atoms with Gasteiger partial charge in [0.25, 0.3) is 0 Å². The lowest BCUT2D eigenvalue weighted by molar-refractivity contribution is -0.147. The fraction of sp³-hybridized carbons (Fsp3) is 0.459. The Morgan fingerprint density at radius 2 is 1.40 bits per heavy atom. The zero-order valence-electron chi connectivity index (χ0n) is 29.4. The molecule has 0 unspecified atom stereocenters. The molecule has 3 atom stereocenters. The van der Waals surface area contributed by atoms with Gasteiger partial charge in [0.1, 0.15) is 11.8 Å². The van der Waals surface area contributed by atoms with E-state index in [0.29, 0.717) is 28.0 Å². The van der Waals surface area contributed by atoms with Crippen LogP contribution in [-0.4, -0.2) is 54.0 Å². The van der Waals surface area contributed by atoms with E-state index in [1.54, 1.807) is 19.2 Å². The number of ether oxygens (including phenoxy) is 1. The molecule has 0 aliphatic rings. The molecule has 0 aromatic heterocycles. The molecule has 3 rings (SSSR count). The van der Waals surface area contributed by atoms with Crippen molar-refractivity contribution in [1.82, 2.24) is 10.6 Å². The lowest BCUT2D eigenvalue weighted by Gasteiger charge is -2.43. The molecule has 0 aliphatic carbocycles. The molecule has 0 saturated carbocycles. The largest absolute Gasteiger partial charge is 0.532 e. The summed E-state index contributed by atoms with van der Waals surface area (Å²) in [6.07, 6.45) is 0.968. The first-order valence-electron chi connectivity index (χ1n) is 16.5. The van der Waals surface area contributed by atoms with Crippen LogP contribution in [0.1, 0.15) is 46.6 Å². The van der Waals surface area contributed by atoms with Gasteiger partial charge in [-0.3, -0.25) is 4.79 Å². The number of hydrogen-bond donors (Lipinski definition) is 2. The molecule has 0 spiro atoms. The van der Waals surface area contributed by atoms with Crippen LogP contribution in [0.5, 0.6) is 5.75 Å². The van der Waals surface area contributed by atoms with Crippen molar-refractivity contribution < 1.29 is 18.8 Å². The standard InChI is InChI=1S/C37H52Cl2N2O4Si2/c1-10-26(2)33(40-6)35(42)41-32(36(43)44-21-22-46(7,8)9)25-27-23-30(38)34(31(39)24-27)45-47(37(3,4)5,28-17-13-11-14-18-28)29-19-15-12-16-20-29/h11-20,23-24,26,32-33,40H,10,21-22,25H2,1-9H3,(H,41,42)/t26-,32+,33-/m0/s1. The number of nitrogens with one attached hydrogen (secondary N) is 2. The molecule has 3 aromatic carbocycles. The van der Waals surface area contributed by atoms with Crippen LogP contribution in [-0.2, 0) is 20.7 Å². The Bertz CT molecular complexity index is 1410. The second kappa shape index (κ2) is 16.7. The second-order valence-electron chi connectivity index (χ2n) is 14.5. The zero-order chi connectivity index (χ0) is 35.0. The van der Waals surface area contributed by atoms with E-state index in [4.69, 9.17) is 32.4 Å². The quantitative estimate of drug-likeness (QED) is 0.126. The lowest BCUT2D eigenvalue weighted by Crippen LogP contribution is -2.68. The number of carbonyl (C=O) groups excluding carboxylic acids is 2. The van der Waals surface area contributed by atoms with Crippen LogP contribution >= 0.6 is 23.2 Å². The van der Waals surface area contributed by atoms with Crippen LogP contribution in [0.15, 0.2) is 72.8 Å². The summed E-state index contributed by atoms with van der Waals surface area (Å²) < 4.78 is 12.9. The van der Waals surface area contributed by atoms with E-state index in [-0.39, 0.29) is 23.3 Å². The van der Waals surface area contributed by atoms with E-state index in [2.05, 4.69) is 75.3 Å². The van der Waals surface area contributed by atoms with Crippen molar-refractivity contribution in [2.45, 2.75) is 90.3 Å². The Balaban J connectivity index is 2.02. The molecule has 47 heavy (non-hydrogen) atoms. The number of esters is 1. The predicted octanol–water partition coefficient (Wildman–Crippen LogP) is 7.48. The normalized spacial score (nSPS) is 14.2. The van der Waals surface area contributed by atoms with Crippen LogP contribution in [0, 0.1) is 5.92 Å². The molecular weight excluding hydrogens is 663 g/mol. The van der Waals surface area contributed by atoms with Gasteiger partial charge in [-0.25, -0.2) is 4.79 Å². The Hall–Kier alpha value is -2.63. The first-order chi connectivity index (χ1) is 22.0. The summed E-state index contributed by atoms with van der Waals surface area (Å²) in [6.45, 7) is 17.6. The van der Waals surface area contributed by atoms with Crippen molar-refractivity contribution in [2.75, 3.05) is 13.7 Å².